The van der Waals surface area contributed by atoms with Crippen molar-refractivity contribution in [2.45, 2.75) is 32.0 Å². The molecular weight excluding hydrogens is 280 g/mol. The fraction of sp³-hybridized carbons (Fsp3) is 0.312. The number of anilines is 1. The molecule has 2 heterocycles. The van der Waals surface area contributed by atoms with E-state index >= 15 is 0 Å². The Kier molecular flexibility index (Phi) is 3.16. The number of thiazole rings is 1. The Balaban J connectivity index is 1.51. The van der Waals surface area contributed by atoms with Crippen LogP contribution >= 0.6 is 11.3 Å². The van der Waals surface area contributed by atoms with Gasteiger partial charge in [-0.25, -0.2) is 4.98 Å². The van der Waals surface area contributed by atoms with E-state index in [0.29, 0.717) is 6.04 Å². The van der Waals surface area contributed by atoms with E-state index in [4.69, 9.17) is 10.7 Å². The predicted molar refractivity (Wildman–Crippen MR) is 86.2 cm³/mol. The van der Waals surface area contributed by atoms with Crippen molar-refractivity contribution in [3.8, 4) is 0 Å². The number of benzene rings is 1. The summed E-state index contributed by atoms with van der Waals surface area (Å²) >= 11 is 1.68. The number of hydrogen-bond donors (Lipinski definition) is 1. The lowest BCUT2D eigenvalue weighted by atomic mass is 10.2. The summed E-state index contributed by atoms with van der Waals surface area (Å²) in [5.41, 5.74) is 9.06. The molecule has 0 bridgehead atoms. The minimum absolute atomic E-state index is 0.710. The fourth-order valence-corrected chi connectivity index (χ4v) is 3.39. The third-order valence-electron chi connectivity index (χ3n) is 3.94. The molecule has 1 fully saturated rings. The van der Waals surface area contributed by atoms with Crippen molar-refractivity contribution in [1.29, 1.82) is 0 Å². The van der Waals surface area contributed by atoms with Gasteiger partial charge in [0.2, 0.25) is 0 Å². The molecule has 21 heavy (non-hydrogen) atoms. The maximum absolute atomic E-state index is 5.76. The number of nitrogen functional groups attached to an aromatic ring is 1. The zero-order chi connectivity index (χ0) is 14.2. The Morgan fingerprint density at radius 2 is 2.05 bits per heavy atom. The summed E-state index contributed by atoms with van der Waals surface area (Å²) in [5.74, 6) is 0. The van der Waals surface area contributed by atoms with Crippen molar-refractivity contribution in [3.05, 3.63) is 53.3 Å². The SMILES string of the molecule is Nc1ccc(CN(Cc2cn3ccsc3n2)C2CC2)cc1. The third kappa shape index (κ3) is 2.80. The second-order valence-electron chi connectivity index (χ2n) is 5.70. The van der Waals surface area contributed by atoms with Crippen LogP contribution in [-0.2, 0) is 13.1 Å². The number of aromatic nitrogens is 2. The molecule has 5 heteroatoms. The molecular formula is C16H18N4S. The molecule has 0 atom stereocenters. The molecule has 0 spiro atoms. The average Bonchev–Trinajstić information content (AvgIpc) is 3.12. The van der Waals surface area contributed by atoms with Crippen LogP contribution in [0, 0.1) is 0 Å². The molecule has 1 aliphatic rings. The number of rotatable bonds is 5. The number of fused-ring (bicyclic) bond motifs is 1. The van der Waals surface area contributed by atoms with Gasteiger partial charge in [0, 0.05) is 42.6 Å². The molecule has 0 amide bonds. The van der Waals surface area contributed by atoms with Gasteiger partial charge in [-0.05, 0) is 30.5 Å². The zero-order valence-corrected chi connectivity index (χ0v) is 12.6. The topological polar surface area (TPSA) is 46.6 Å². The summed E-state index contributed by atoms with van der Waals surface area (Å²) in [7, 11) is 0. The Morgan fingerprint density at radius 3 is 2.76 bits per heavy atom. The summed E-state index contributed by atoms with van der Waals surface area (Å²) in [6.07, 6.45) is 6.82. The van der Waals surface area contributed by atoms with Crippen molar-refractivity contribution >= 4 is 22.0 Å². The molecule has 0 radical (unpaired) electrons. The zero-order valence-electron chi connectivity index (χ0n) is 11.8. The first-order valence-electron chi connectivity index (χ1n) is 7.27. The van der Waals surface area contributed by atoms with E-state index in [1.807, 2.05) is 12.1 Å². The van der Waals surface area contributed by atoms with Crippen LogP contribution in [0.1, 0.15) is 24.1 Å². The lowest BCUT2D eigenvalue weighted by molar-refractivity contribution is 0.243. The van der Waals surface area contributed by atoms with E-state index in [2.05, 4.69) is 39.2 Å². The second kappa shape index (κ2) is 5.16. The maximum Gasteiger partial charge on any atom is 0.193 e. The van der Waals surface area contributed by atoms with Crippen molar-refractivity contribution < 1.29 is 0 Å². The summed E-state index contributed by atoms with van der Waals surface area (Å²) in [4.78, 5) is 8.30. The molecule has 3 aromatic rings. The summed E-state index contributed by atoms with van der Waals surface area (Å²) in [5, 5.41) is 2.07. The van der Waals surface area contributed by atoms with E-state index in [1.165, 1.54) is 18.4 Å². The number of imidazole rings is 1. The Hall–Kier alpha value is -1.85. The Bertz CT molecular complexity index is 711. The molecule has 2 N–H and O–H groups in total. The lowest BCUT2D eigenvalue weighted by Gasteiger charge is -2.21. The van der Waals surface area contributed by atoms with Crippen LogP contribution in [0.15, 0.2) is 42.0 Å². The van der Waals surface area contributed by atoms with Gasteiger partial charge >= 0.3 is 0 Å². The summed E-state index contributed by atoms with van der Waals surface area (Å²) in [6, 6.07) is 8.91. The normalized spacial score (nSPS) is 15.1. The maximum atomic E-state index is 5.76. The van der Waals surface area contributed by atoms with E-state index in [9.17, 15) is 0 Å². The molecule has 1 saturated carbocycles. The molecule has 0 saturated heterocycles. The van der Waals surface area contributed by atoms with Gasteiger partial charge in [-0.3, -0.25) is 9.30 Å². The van der Waals surface area contributed by atoms with Crippen molar-refractivity contribution in [3.63, 3.8) is 0 Å². The highest BCUT2D eigenvalue weighted by molar-refractivity contribution is 7.15. The number of nitrogens with two attached hydrogens (primary N) is 1. The largest absolute Gasteiger partial charge is 0.399 e. The van der Waals surface area contributed by atoms with Crippen LogP contribution in [0.25, 0.3) is 4.96 Å². The first kappa shape index (κ1) is 12.9. The molecule has 108 valence electrons. The monoisotopic (exact) mass is 298 g/mol. The molecule has 2 aromatic heterocycles. The van der Waals surface area contributed by atoms with Crippen LogP contribution in [0.3, 0.4) is 0 Å². The summed E-state index contributed by atoms with van der Waals surface area (Å²) in [6.45, 7) is 1.89. The fourth-order valence-electron chi connectivity index (χ4n) is 2.67. The van der Waals surface area contributed by atoms with Crippen molar-refractivity contribution in [2.24, 2.45) is 0 Å². The van der Waals surface area contributed by atoms with Gasteiger partial charge in [-0.2, -0.15) is 0 Å². The van der Waals surface area contributed by atoms with E-state index in [-0.39, 0.29) is 0 Å². The van der Waals surface area contributed by atoms with Crippen molar-refractivity contribution in [1.82, 2.24) is 14.3 Å². The highest BCUT2D eigenvalue weighted by Crippen LogP contribution is 2.30. The number of hydrogen-bond acceptors (Lipinski definition) is 4. The first-order valence-corrected chi connectivity index (χ1v) is 8.15. The van der Waals surface area contributed by atoms with Crippen LogP contribution in [0.4, 0.5) is 5.69 Å². The first-order chi connectivity index (χ1) is 10.3. The van der Waals surface area contributed by atoms with Gasteiger partial charge in [-0.1, -0.05) is 12.1 Å². The molecule has 0 aliphatic heterocycles. The molecule has 0 unspecified atom stereocenters. The van der Waals surface area contributed by atoms with Gasteiger partial charge in [0.05, 0.1) is 5.69 Å². The standard InChI is InChI=1S/C16H18N4S/c17-13-3-1-12(2-4-13)9-20(15-5-6-15)11-14-10-19-7-8-21-16(19)18-14/h1-4,7-8,10,15H,5-6,9,11,17H2. The molecule has 1 aliphatic carbocycles. The van der Waals surface area contributed by atoms with E-state index in [1.54, 1.807) is 11.3 Å². The summed E-state index contributed by atoms with van der Waals surface area (Å²) < 4.78 is 2.11. The van der Waals surface area contributed by atoms with Gasteiger partial charge in [0.15, 0.2) is 4.96 Å². The van der Waals surface area contributed by atoms with Crippen LogP contribution in [0.5, 0.6) is 0 Å². The number of nitrogens with zero attached hydrogens (tertiary/aromatic N) is 3. The van der Waals surface area contributed by atoms with Crippen LogP contribution in [0.2, 0.25) is 0 Å². The van der Waals surface area contributed by atoms with E-state index in [0.717, 1.165) is 29.4 Å². The van der Waals surface area contributed by atoms with Crippen LogP contribution in [-0.4, -0.2) is 20.3 Å². The quantitative estimate of drug-likeness (QED) is 0.736. The average molecular weight is 298 g/mol. The minimum Gasteiger partial charge on any atom is -0.399 e. The van der Waals surface area contributed by atoms with Gasteiger partial charge in [0.25, 0.3) is 0 Å². The highest BCUT2D eigenvalue weighted by Gasteiger charge is 2.29. The highest BCUT2D eigenvalue weighted by atomic mass is 32.1. The van der Waals surface area contributed by atoms with Gasteiger partial charge < -0.3 is 5.73 Å². The van der Waals surface area contributed by atoms with Crippen molar-refractivity contribution in [2.75, 3.05) is 5.73 Å². The Morgan fingerprint density at radius 1 is 1.24 bits per heavy atom. The lowest BCUT2D eigenvalue weighted by Crippen LogP contribution is -2.25. The third-order valence-corrected chi connectivity index (χ3v) is 4.71. The second-order valence-corrected chi connectivity index (χ2v) is 6.58. The van der Waals surface area contributed by atoms with Crippen LogP contribution < -0.4 is 5.73 Å². The molecule has 4 rings (SSSR count). The predicted octanol–water partition coefficient (Wildman–Crippen LogP) is 3.14. The molecule has 1 aromatic carbocycles. The minimum atomic E-state index is 0.710. The smallest absolute Gasteiger partial charge is 0.193 e. The van der Waals surface area contributed by atoms with E-state index < -0.39 is 0 Å². The van der Waals surface area contributed by atoms with Gasteiger partial charge in [0.1, 0.15) is 0 Å². The Labute approximate surface area is 127 Å². The molecule has 4 nitrogen and oxygen atoms in total. The van der Waals surface area contributed by atoms with Gasteiger partial charge in [-0.15, -0.1) is 11.3 Å².